The topological polar surface area (TPSA) is 89.0 Å². The Bertz CT molecular complexity index is 1630. The standard InChI is InChI=1S/C29H23FN2O5S/c1-15(2)16-3-5-17(6-4-16)25-24(26(33)18-7-10-21-22(13-18)37-12-11-36-21)27(34)28(35)32(25)29-31-20-9-8-19(30)14-23(20)38-29/h3-10,13-15,25,33H,11-12H2,1-2H3/b26-24+. The maximum absolute atomic E-state index is 13.9. The Morgan fingerprint density at radius 1 is 1.03 bits per heavy atom. The number of Topliss-reactive ketones (excluding diaryl/α,β-unsaturated/α-hetero) is 1. The van der Waals surface area contributed by atoms with Gasteiger partial charge in [0.15, 0.2) is 16.6 Å². The number of benzene rings is 3. The average molecular weight is 531 g/mol. The second-order valence-corrected chi connectivity index (χ2v) is 10.5. The quantitative estimate of drug-likeness (QED) is 0.199. The van der Waals surface area contributed by atoms with Crippen molar-refractivity contribution in [3.63, 3.8) is 0 Å². The van der Waals surface area contributed by atoms with E-state index < -0.39 is 23.5 Å². The van der Waals surface area contributed by atoms with Crippen LogP contribution in [0.3, 0.4) is 0 Å². The molecule has 38 heavy (non-hydrogen) atoms. The monoisotopic (exact) mass is 530 g/mol. The molecule has 0 aliphatic carbocycles. The van der Waals surface area contributed by atoms with Crippen LogP contribution in [0.4, 0.5) is 9.52 Å². The number of aliphatic hydroxyl groups is 1. The van der Waals surface area contributed by atoms with E-state index in [0.717, 1.165) is 16.9 Å². The number of amides is 1. The lowest BCUT2D eigenvalue weighted by Crippen LogP contribution is -2.29. The number of hydrogen-bond donors (Lipinski definition) is 1. The Kier molecular flexibility index (Phi) is 5.87. The fourth-order valence-corrected chi connectivity index (χ4v) is 5.76. The minimum Gasteiger partial charge on any atom is -0.507 e. The number of anilines is 1. The van der Waals surface area contributed by atoms with Crippen LogP contribution >= 0.6 is 11.3 Å². The van der Waals surface area contributed by atoms with Gasteiger partial charge in [-0.15, -0.1) is 0 Å². The van der Waals surface area contributed by atoms with Gasteiger partial charge in [-0.05, 0) is 53.4 Å². The number of carbonyl (C=O) groups is 2. The molecule has 6 rings (SSSR count). The maximum Gasteiger partial charge on any atom is 0.301 e. The fraction of sp³-hybridized carbons (Fsp3) is 0.207. The largest absolute Gasteiger partial charge is 0.507 e. The number of ketones is 1. The Labute approximate surface area is 221 Å². The number of ether oxygens (including phenoxy) is 2. The number of rotatable bonds is 4. The van der Waals surface area contributed by atoms with Crippen molar-refractivity contribution in [2.45, 2.75) is 25.8 Å². The highest BCUT2D eigenvalue weighted by Crippen LogP contribution is 2.45. The van der Waals surface area contributed by atoms with Crippen LogP contribution in [0.5, 0.6) is 11.5 Å². The summed E-state index contributed by atoms with van der Waals surface area (Å²) in [6.07, 6.45) is 0. The minimum absolute atomic E-state index is 0.0607. The van der Waals surface area contributed by atoms with Crippen LogP contribution in [0.2, 0.25) is 0 Å². The molecule has 7 nitrogen and oxygen atoms in total. The van der Waals surface area contributed by atoms with Crippen molar-refractivity contribution in [2.75, 3.05) is 18.1 Å². The van der Waals surface area contributed by atoms with E-state index in [9.17, 15) is 19.1 Å². The van der Waals surface area contributed by atoms with Crippen molar-refractivity contribution >= 4 is 44.1 Å². The highest BCUT2D eigenvalue weighted by molar-refractivity contribution is 7.22. The second-order valence-electron chi connectivity index (χ2n) is 9.46. The number of carbonyl (C=O) groups excluding carboxylic acids is 2. The molecule has 1 atom stereocenters. The number of hydrogen-bond acceptors (Lipinski definition) is 7. The number of nitrogens with zero attached hydrogens (tertiary/aromatic N) is 2. The molecule has 0 radical (unpaired) electrons. The highest BCUT2D eigenvalue weighted by Gasteiger charge is 2.48. The summed E-state index contributed by atoms with van der Waals surface area (Å²) in [5, 5.41) is 11.7. The van der Waals surface area contributed by atoms with E-state index in [4.69, 9.17) is 9.47 Å². The molecule has 9 heteroatoms. The Hall–Kier alpha value is -4.24. The van der Waals surface area contributed by atoms with E-state index in [-0.39, 0.29) is 22.4 Å². The molecule has 192 valence electrons. The second kappa shape index (κ2) is 9.25. The number of aliphatic hydroxyl groups excluding tert-OH is 1. The molecule has 4 aromatic rings. The third kappa shape index (κ3) is 3.99. The fourth-order valence-electron chi connectivity index (χ4n) is 4.74. The van der Waals surface area contributed by atoms with Gasteiger partial charge in [-0.2, -0.15) is 0 Å². The molecule has 0 spiro atoms. The van der Waals surface area contributed by atoms with Crippen molar-refractivity contribution in [1.29, 1.82) is 0 Å². The summed E-state index contributed by atoms with van der Waals surface area (Å²) >= 11 is 1.11. The van der Waals surface area contributed by atoms with Gasteiger partial charge in [0.1, 0.15) is 24.8 Å². The molecular formula is C29H23FN2O5S. The van der Waals surface area contributed by atoms with E-state index in [0.29, 0.717) is 46.1 Å². The summed E-state index contributed by atoms with van der Waals surface area (Å²) in [6.45, 7) is 4.93. The Morgan fingerprint density at radius 2 is 1.76 bits per heavy atom. The third-order valence-electron chi connectivity index (χ3n) is 6.72. The van der Waals surface area contributed by atoms with Gasteiger partial charge in [-0.3, -0.25) is 14.5 Å². The molecule has 2 aliphatic heterocycles. The van der Waals surface area contributed by atoms with Crippen LogP contribution in [0.1, 0.15) is 42.5 Å². The van der Waals surface area contributed by atoms with Crippen molar-refractivity contribution in [3.8, 4) is 11.5 Å². The molecular weight excluding hydrogens is 507 g/mol. The van der Waals surface area contributed by atoms with Crippen molar-refractivity contribution in [3.05, 3.63) is 88.7 Å². The van der Waals surface area contributed by atoms with E-state index in [1.54, 1.807) is 18.2 Å². The molecule has 1 saturated heterocycles. The minimum atomic E-state index is -0.935. The average Bonchev–Trinajstić information content (AvgIpc) is 3.45. The molecule has 3 heterocycles. The number of halogens is 1. The predicted molar refractivity (Wildman–Crippen MR) is 142 cm³/mol. The summed E-state index contributed by atoms with van der Waals surface area (Å²) in [4.78, 5) is 32.8. The highest BCUT2D eigenvalue weighted by atomic mass is 32.1. The predicted octanol–water partition coefficient (Wildman–Crippen LogP) is 5.96. The first-order chi connectivity index (χ1) is 18.3. The van der Waals surface area contributed by atoms with Gasteiger partial charge < -0.3 is 14.6 Å². The first-order valence-corrected chi connectivity index (χ1v) is 13.0. The van der Waals surface area contributed by atoms with Crippen LogP contribution in [0, 0.1) is 5.82 Å². The molecule has 3 aromatic carbocycles. The van der Waals surface area contributed by atoms with Crippen LogP contribution in [0.25, 0.3) is 16.0 Å². The summed E-state index contributed by atoms with van der Waals surface area (Å²) in [6, 6.07) is 15.7. The number of thiazole rings is 1. The van der Waals surface area contributed by atoms with E-state index >= 15 is 0 Å². The van der Waals surface area contributed by atoms with Gasteiger partial charge >= 0.3 is 5.91 Å². The van der Waals surface area contributed by atoms with Gasteiger partial charge in [0.25, 0.3) is 5.78 Å². The lowest BCUT2D eigenvalue weighted by Gasteiger charge is -2.23. The zero-order chi connectivity index (χ0) is 26.6. The zero-order valence-electron chi connectivity index (χ0n) is 20.6. The van der Waals surface area contributed by atoms with Gasteiger partial charge in [0.2, 0.25) is 0 Å². The van der Waals surface area contributed by atoms with Gasteiger partial charge in [-0.1, -0.05) is 49.4 Å². The summed E-state index contributed by atoms with van der Waals surface area (Å²) in [7, 11) is 0. The first kappa shape index (κ1) is 24.1. The molecule has 0 saturated carbocycles. The molecule has 1 fully saturated rings. The Morgan fingerprint density at radius 3 is 2.50 bits per heavy atom. The zero-order valence-corrected chi connectivity index (χ0v) is 21.4. The van der Waals surface area contributed by atoms with Crippen molar-refractivity contribution in [1.82, 2.24) is 4.98 Å². The normalized spacial score (nSPS) is 18.5. The van der Waals surface area contributed by atoms with Crippen LogP contribution < -0.4 is 14.4 Å². The van der Waals surface area contributed by atoms with Crippen LogP contribution in [-0.2, 0) is 9.59 Å². The maximum atomic E-state index is 13.9. The smallest absolute Gasteiger partial charge is 0.301 e. The first-order valence-electron chi connectivity index (χ1n) is 12.2. The third-order valence-corrected chi connectivity index (χ3v) is 7.74. The van der Waals surface area contributed by atoms with Crippen molar-refractivity contribution < 1.29 is 28.6 Å². The summed E-state index contributed by atoms with van der Waals surface area (Å²) < 4.78 is 25.6. The lowest BCUT2D eigenvalue weighted by molar-refractivity contribution is -0.132. The van der Waals surface area contributed by atoms with E-state index in [1.807, 2.05) is 24.3 Å². The van der Waals surface area contributed by atoms with E-state index in [2.05, 4.69) is 18.8 Å². The molecule has 0 bridgehead atoms. The molecule has 2 aliphatic rings. The van der Waals surface area contributed by atoms with Crippen molar-refractivity contribution in [2.24, 2.45) is 0 Å². The van der Waals surface area contributed by atoms with E-state index in [1.165, 1.54) is 23.1 Å². The van der Waals surface area contributed by atoms with Gasteiger partial charge in [-0.25, -0.2) is 9.37 Å². The Balaban J connectivity index is 1.53. The number of fused-ring (bicyclic) bond motifs is 2. The summed E-state index contributed by atoms with van der Waals surface area (Å²) in [5.74, 6) is -1.13. The van der Waals surface area contributed by atoms with Crippen LogP contribution in [0.15, 0.2) is 66.2 Å². The molecule has 1 N–H and O–H groups in total. The lowest BCUT2D eigenvalue weighted by atomic mass is 9.93. The molecule has 1 unspecified atom stereocenters. The number of aromatic nitrogens is 1. The van der Waals surface area contributed by atoms with Gasteiger partial charge in [0, 0.05) is 5.56 Å². The SMILES string of the molecule is CC(C)c1ccc(C2/C(=C(\O)c3ccc4c(c3)OCCO4)C(=O)C(=O)N2c2nc3ccc(F)cc3s2)cc1. The molecule has 1 aromatic heterocycles. The summed E-state index contributed by atoms with van der Waals surface area (Å²) in [5.41, 5.74) is 2.50. The molecule has 1 amide bonds. The van der Waals surface area contributed by atoms with Crippen LogP contribution in [-0.4, -0.2) is 35.0 Å². The van der Waals surface area contributed by atoms with Gasteiger partial charge in [0.05, 0.1) is 21.8 Å².